The molecular weight excluding hydrogens is 380 g/mol. The number of hydrogen-bond acceptors (Lipinski definition) is 5. The Hall–Kier alpha value is -2.91. The van der Waals surface area contributed by atoms with Crippen molar-refractivity contribution < 1.29 is 29.1 Å². The summed E-state index contributed by atoms with van der Waals surface area (Å²) in [5.74, 6) is -2.97. The van der Waals surface area contributed by atoms with Gasteiger partial charge in [0.1, 0.15) is 12.1 Å². The van der Waals surface area contributed by atoms with Crippen LogP contribution in [0.25, 0.3) is 0 Å². The molecule has 1 fully saturated rings. The summed E-state index contributed by atoms with van der Waals surface area (Å²) in [5, 5.41) is 14.2. The molecule has 0 unspecified atom stereocenters. The maximum atomic E-state index is 12.5. The van der Waals surface area contributed by atoms with Crippen molar-refractivity contribution in [3.05, 3.63) is 12.7 Å². The fraction of sp³-hybridized carbons (Fsp3) is 0.632. The number of carbonyl (C=O) groups is 5. The minimum absolute atomic E-state index is 0.222. The molecule has 1 saturated heterocycles. The van der Waals surface area contributed by atoms with E-state index in [0.717, 1.165) is 17.4 Å². The molecule has 10 heteroatoms. The van der Waals surface area contributed by atoms with E-state index in [1.807, 2.05) is 6.92 Å². The van der Waals surface area contributed by atoms with Crippen LogP contribution in [0.5, 0.6) is 0 Å². The third kappa shape index (κ3) is 7.55. The van der Waals surface area contributed by atoms with Crippen molar-refractivity contribution in [2.75, 3.05) is 26.7 Å². The molecule has 0 aromatic carbocycles. The fourth-order valence-electron chi connectivity index (χ4n) is 3.05. The monoisotopic (exact) mass is 410 g/mol. The van der Waals surface area contributed by atoms with Gasteiger partial charge in [-0.25, -0.2) is 4.79 Å². The summed E-state index contributed by atoms with van der Waals surface area (Å²) >= 11 is 0. The zero-order valence-electron chi connectivity index (χ0n) is 17.0. The van der Waals surface area contributed by atoms with Gasteiger partial charge >= 0.3 is 5.97 Å². The Kier molecular flexibility index (Phi) is 9.84. The molecule has 0 aromatic heterocycles. The summed E-state index contributed by atoms with van der Waals surface area (Å²) in [7, 11) is 1.43. The van der Waals surface area contributed by atoms with Gasteiger partial charge in [0.2, 0.25) is 23.6 Å². The third-order valence-corrected chi connectivity index (χ3v) is 4.71. The fourth-order valence-corrected chi connectivity index (χ4v) is 3.05. The van der Waals surface area contributed by atoms with Crippen LogP contribution in [0, 0.1) is 0 Å². The lowest BCUT2D eigenvalue weighted by molar-refractivity contribution is -0.144. The second-order valence-corrected chi connectivity index (χ2v) is 6.96. The second-order valence-electron chi connectivity index (χ2n) is 6.96. The predicted molar refractivity (Wildman–Crippen MR) is 105 cm³/mol. The molecule has 1 heterocycles. The SMILES string of the molecule is C=CC(=O)N(C)CC(=O)NCC(=O)N1CCC[C@H]1C(=O)N[C@@H](CCCC)C(=O)O. The van der Waals surface area contributed by atoms with E-state index in [4.69, 9.17) is 0 Å². The summed E-state index contributed by atoms with van der Waals surface area (Å²) in [5.41, 5.74) is 0. The Morgan fingerprint density at radius 1 is 1.31 bits per heavy atom. The van der Waals surface area contributed by atoms with E-state index < -0.39 is 41.7 Å². The molecule has 2 atom stereocenters. The number of amides is 4. The minimum atomic E-state index is -1.10. The average molecular weight is 410 g/mol. The molecule has 10 nitrogen and oxygen atoms in total. The Morgan fingerprint density at radius 2 is 2.00 bits per heavy atom. The number of carbonyl (C=O) groups excluding carboxylic acids is 4. The summed E-state index contributed by atoms with van der Waals surface area (Å²) in [6, 6.07) is -1.74. The minimum Gasteiger partial charge on any atom is -0.480 e. The number of likely N-dealkylation sites (tertiary alicyclic amines) is 1. The highest BCUT2D eigenvalue weighted by Gasteiger charge is 2.35. The lowest BCUT2D eigenvalue weighted by atomic mass is 10.1. The average Bonchev–Trinajstić information content (AvgIpc) is 3.18. The third-order valence-electron chi connectivity index (χ3n) is 4.71. The van der Waals surface area contributed by atoms with E-state index in [1.54, 1.807) is 0 Å². The molecule has 4 amide bonds. The first kappa shape index (κ1) is 24.1. The first-order chi connectivity index (χ1) is 13.7. The number of rotatable bonds is 11. The van der Waals surface area contributed by atoms with E-state index in [9.17, 15) is 29.1 Å². The van der Waals surface area contributed by atoms with Gasteiger partial charge in [-0.2, -0.15) is 0 Å². The van der Waals surface area contributed by atoms with E-state index in [-0.39, 0.29) is 13.1 Å². The van der Waals surface area contributed by atoms with Crippen molar-refractivity contribution in [3.63, 3.8) is 0 Å². The largest absolute Gasteiger partial charge is 0.480 e. The van der Waals surface area contributed by atoms with Crippen molar-refractivity contribution >= 4 is 29.6 Å². The van der Waals surface area contributed by atoms with Crippen LogP contribution in [-0.2, 0) is 24.0 Å². The Balaban J connectivity index is 2.59. The topological polar surface area (TPSA) is 136 Å². The van der Waals surface area contributed by atoms with Crippen molar-refractivity contribution in [2.24, 2.45) is 0 Å². The summed E-state index contributed by atoms with van der Waals surface area (Å²) in [4.78, 5) is 62.1. The van der Waals surface area contributed by atoms with Gasteiger partial charge in [0.25, 0.3) is 0 Å². The molecule has 1 rings (SSSR count). The number of likely N-dealkylation sites (N-methyl/N-ethyl adjacent to an activating group) is 1. The standard InChI is InChI=1S/C19H30N4O6/c1-4-6-8-13(19(28)29)21-18(27)14-9-7-10-23(14)17(26)11-20-15(24)12-22(3)16(25)5-2/h5,13-14H,2,4,6-12H2,1,3H3,(H,20,24)(H,21,27)(H,28,29)/t13-,14-/m0/s1. The van der Waals surface area contributed by atoms with Gasteiger partial charge in [-0.15, -0.1) is 0 Å². The molecule has 0 bridgehead atoms. The molecule has 0 aromatic rings. The first-order valence-electron chi connectivity index (χ1n) is 9.68. The van der Waals surface area contributed by atoms with Crippen LogP contribution in [0.1, 0.15) is 39.0 Å². The summed E-state index contributed by atoms with van der Waals surface area (Å²) in [6.07, 6.45) is 3.92. The van der Waals surface area contributed by atoms with Gasteiger partial charge in [-0.1, -0.05) is 26.3 Å². The number of nitrogens with zero attached hydrogens (tertiary/aromatic N) is 2. The van der Waals surface area contributed by atoms with Crippen molar-refractivity contribution in [3.8, 4) is 0 Å². The normalized spacial score (nSPS) is 16.6. The Labute approximate surface area is 170 Å². The van der Waals surface area contributed by atoms with E-state index >= 15 is 0 Å². The molecule has 0 spiro atoms. The molecule has 0 aliphatic carbocycles. The lowest BCUT2D eigenvalue weighted by Crippen LogP contribution is -2.52. The van der Waals surface area contributed by atoms with E-state index in [1.165, 1.54) is 11.9 Å². The molecular formula is C19H30N4O6. The van der Waals surface area contributed by atoms with Gasteiger partial charge < -0.3 is 25.5 Å². The molecule has 0 saturated carbocycles. The molecule has 1 aliphatic rings. The lowest BCUT2D eigenvalue weighted by Gasteiger charge is -2.26. The number of carboxylic acid groups (broad SMARTS) is 1. The maximum Gasteiger partial charge on any atom is 0.326 e. The number of aliphatic carboxylic acids is 1. The zero-order valence-corrected chi connectivity index (χ0v) is 17.0. The van der Waals surface area contributed by atoms with Crippen LogP contribution in [0.3, 0.4) is 0 Å². The van der Waals surface area contributed by atoms with Gasteiger partial charge in [-0.3, -0.25) is 19.2 Å². The van der Waals surface area contributed by atoms with Crippen LogP contribution in [0.2, 0.25) is 0 Å². The van der Waals surface area contributed by atoms with Gasteiger partial charge in [0.05, 0.1) is 13.1 Å². The highest BCUT2D eigenvalue weighted by atomic mass is 16.4. The van der Waals surface area contributed by atoms with E-state index in [2.05, 4.69) is 17.2 Å². The Bertz CT molecular complexity index is 651. The smallest absolute Gasteiger partial charge is 0.326 e. The van der Waals surface area contributed by atoms with Crippen molar-refractivity contribution in [1.29, 1.82) is 0 Å². The quantitative estimate of drug-likeness (QED) is 0.393. The first-order valence-corrected chi connectivity index (χ1v) is 9.68. The van der Waals surface area contributed by atoms with E-state index in [0.29, 0.717) is 32.2 Å². The second kappa shape index (κ2) is 11.8. The van der Waals surface area contributed by atoms with Crippen LogP contribution in [0.4, 0.5) is 0 Å². The highest BCUT2D eigenvalue weighted by molar-refractivity contribution is 5.94. The molecule has 162 valence electrons. The van der Waals surface area contributed by atoms with Crippen LogP contribution in [0.15, 0.2) is 12.7 Å². The number of unbranched alkanes of at least 4 members (excludes halogenated alkanes) is 1. The number of carboxylic acids is 1. The molecule has 29 heavy (non-hydrogen) atoms. The Morgan fingerprint density at radius 3 is 2.59 bits per heavy atom. The molecule has 0 radical (unpaired) electrons. The van der Waals surface area contributed by atoms with Crippen LogP contribution >= 0.6 is 0 Å². The zero-order chi connectivity index (χ0) is 22.0. The van der Waals surface area contributed by atoms with Gasteiger partial charge in [0.15, 0.2) is 0 Å². The van der Waals surface area contributed by atoms with Crippen LogP contribution in [-0.4, -0.2) is 83.3 Å². The van der Waals surface area contributed by atoms with Crippen molar-refractivity contribution in [2.45, 2.75) is 51.1 Å². The highest BCUT2D eigenvalue weighted by Crippen LogP contribution is 2.18. The maximum absolute atomic E-state index is 12.5. The summed E-state index contributed by atoms with van der Waals surface area (Å²) in [6.45, 7) is 5.08. The molecule has 3 N–H and O–H groups in total. The van der Waals surface area contributed by atoms with Crippen molar-refractivity contribution in [1.82, 2.24) is 20.4 Å². The van der Waals surface area contributed by atoms with Gasteiger partial charge in [0, 0.05) is 13.6 Å². The van der Waals surface area contributed by atoms with Crippen LogP contribution < -0.4 is 10.6 Å². The number of nitrogens with one attached hydrogen (secondary N) is 2. The summed E-state index contributed by atoms with van der Waals surface area (Å²) < 4.78 is 0. The van der Waals surface area contributed by atoms with Gasteiger partial charge in [-0.05, 0) is 25.3 Å². The molecule has 1 aliphatic heterocycles. The predicted octanol–water partition coefficient (Wildman–Crippen LogP) is -0.502. The number of hydrogen-bond donors (Lipinski definition) is 3.